The lowest BCUT2D eigenvalue weighted by atomic mass is 10.4. The predicted molar refractivity (Wildman–Crippen MR) is 119 cm³/mol. The number of ether oxygens (including phenoxy) is 2. The van der Waals surface area contributed by atoms with Crippen LogP contribution in [-0.2, 0) is 22.6 Å². The van der Waals surface area contributed by atoms with E-state index in [0.29, 0.717) is 37.4 Å². The summed E-state index contributed by atoms with van der Waals surface area (Å²) in [4.78, 5) is 15.2. The number of nitrogens with one attached hydrogen (secondary N) is 1. The zero-order valence-corrected chi connectivity index (χ0v) is 20.3. The molecule has 2 unspecified atom stereocenters. The Morgan fingerprint density at radius 2 is 2.11 bits per heavy atom. The number of rotatable bonds is 9. The maximum Gasteiger partial charge on any atom is 0.246 e. The average Bonchev–Trinajstić information content (AvgIpc) is 3.31. The van der Waals surface area contributed by atoms with Gasteiger partial charge in [0.25, 0.3) is 0 Å². The molecule has 11 heteroatoms. The second-order valence-corrected chi connectivity index (χ2v) is 6.85. The molecule has 2 atom stereocenters. The first-order chi connectivity index (χ1) is 13.0. The van der Waals surface area contributed by atoms with Crippen molar-refractivity contribution < 1.29 is 14.0 Å². The molecule has 2 aromatic rings. The van der Waals surface area contributed by atoms with Crippen LogP contribution in [0.2, 0.25) is 0 Å². The molecule has 0 spiro atoms. The van der Waals surface area contributed by atoms with Gasteiger partial charge in [0.15, 0.2) is 11.8 Å². The second kappa shape index (κ2) is 12.3. The summed E-state index contributed by atoms with van der Waals surface area (Å²) in [5.41, 5.74) is 0.968. The van der Waals surface area contributed by atoms with E-state index in [1.54, 1.807) is 25.5 Å². The molecule has 2 heterocycles. The maximum atomic E-state index is 5.47. The number of aliphatic imine (C=N–C) groups is 1. The first kappa shape index (κ1) is 24.7. The van der Waals surface area contributed by atoms with Crippen molar-refractivity contribution in [3.05, 3.63) is 27.8 Å². The van der Waals surface area contributed by atoms with Gasteiger partial charge in [0, 0.05) is 33.2 Å². The van der Waals surface area contributed by atoms with Gasteiger partial charge < -0.3 is 24.2 Å². The lowest BCUT2D eigenvalue weighted by molar-refractivity contribution is 0.0683. The summed E-state index contributed by atoms with van der Waals surface area (Å²) in [6.07, 6.45) is -0.194. The Kier molecular flexibility index (Phi) is 10.9. The average molecular weight is 524 g/mol. The highest BCUT2D eigenvalue weighted by Crippen LogP contribution is 2.21. The summed E-state index contributed by atoms with van der Waals surface area (Å²) in [7, 11) is 5.36. The Morgan fingerprint density at radius 1 is 1.36 bits per heavy atom. The van der Waals surface area contributed by atoms with E-state index in [-0.39, 0.29) is 36.2 Å². The number of guanidine groups is 1. The quantitative estimate of drug-likeness (QED) is 0.304. The molecular weight excluding hydrogens is 495 g/mol. The Morgan fingerprint density at radius 3 is 2.75 bits per heavy atom. The molecular formula is C17H29IN6O3S. The number of nitrogens with zero attached hydrogens (tertiary/aromatic N) is 5. The van der Waals surface area contributed by atoms with Gasteiger partial charge in [-0.3, -0.25) is 4.99 Å². The van der Waals surface area contributed by atoms with Crippen molar-refractivity contribution in [3.8, 4) is 0 Å². The Bertz CT molecular complexity index is 738. The van der Waals surface area contributed by atoms with Gasteiger partial charge in [0.1, 0.15) is 17.2 Å². The number of methoxy groups -OCH3 is 1. The number of thiazole rings is 1. The van der Waals surface area contributed by atoms with Crippen molar-refractivity contribution in [2.24, 2.45) is 4.99 Å². The highest BCUT2D eigenvalue weighted by Gasteiger charge is 2.16. The standard InChI is InChI=1S/C17H28N6O3S.HI/c1-7-25-11(2)15-21-14(26-22-15)8-19-17(18-4)23(5)9-13-10-27-16(20-13)12(3)24-6;/h10-12H,7-9H2,1-6H3,(H,18,19);1H. The Hall–Kier alpha value is -1.31. The molecule has 0 aromatic carbocycles. The van der Waals surface area contributed by atoms with Gasteiger partial charge in [0.2, 0.25) is 5.89 Å². The normalized spacial score (nSPS) is 13.7. The van der Waals surface area contributed by atoms with Crippen molar-refractivity contribution >= 4 is 41.3 Å². The first-order valence-corrected chi connectivity index (χ1v) is 9.69. The highest BCUT2D eigenvalue weighted by molar-refractivity contribution is 14.0. The van der Waals surface area contributed by atoms with Crippen LogP contribution in [0.3, 0.4) is 0 Å². The van der Waals surface area contributed by atoms with E-state index in [1.807, 2.05) is 38.1 Å². The molecule has 0 bridgehead atoms. The van der Waals surface area contributed by atoms with E-state index in [1.165, 1.54) is 0 Å². The van der Waals surface area contributed by atoms with Crippen LogP contribution in [0.1, 0.15) is 55.4 Å². The number of hydrogen-bond donors (Lipinski definition) is 1. The smallest absolute Gasteiger partial charge is 0.246 e. The molecule has 0 amide bonds. The largest absolute Gasteiger partial charge is 0.375 e. The van der Waals surface area contributed by atoms with Gasteiger partial charge >= 0.3 is 0 Å². The van der Waals surface area contributed by atoms with Crippen molar-refractivity contribution in [1.82, 2.24) is 25.3 Å². The fourth-order valence-corrected chi connectivity index (χ4v) is 3.21. The predicted octanol–water partition coefficient (Wildman–Crippen LogP) is 3.16. The zero-order chi connectivity index (χ0) is 19.8. The van der Waals surface area contributed by atoms with Crippen molar-refractivity contribution in [1.29, 1.82) is 0 Å². The van der Waals surface area contributed by atoms with E-state index in [0.717, 1.165) is 10.7 Å². The molecule has 1 N–H and O–H groups in total. The van der Waals surface area contributed by atoms with Gasteiger partial charge in [-0.25, -0.2) is 4.98 Å². The van der Waals surface area contributed by atoms with Crippen LogP contribution in [0.25, 0.3) is 0 Å². The van der Waals surface area contributed by atoms with Crippen molar-refractivity contribution in [2.45, 2.75) is 46.1 Å². The summed E-state index contributed by atoms with van der Waals surface area (Å²) in [5, 5.41) is 10.2. The van der Waals surface area contributed by atoms with E-state index in [9.17, 15) is 0 Å². The fourth-order valence-electron chi connectivity index (χ4n) is 2.37. The molecule has 9 nitrogen and oxygen atoms in total. The fraction of sp³-hybridized carbons (Fsp3) is 0.647. The minimum atomic E-state index is -0.192. The van der Waals surface area contributed by atoms with Crippen molar-refractivity contribution in [3.63, 3.8) is 0 Å². The van der Waals surface area contributed by atoms with Crippen LogP contribution in [0.15, 0.2) is 14.9 Å². The van der Waals surface area contributed by atoms with E-state index in [2.05, 4.69) is 25.4 Å². The van der Waals surface area contributed by atoms with Gasteiger partial charge in [-0.15, -0.1) is 35.3 Å². The topological polar surface area (TPSA) is 97.9 Å². The molecule has 0 saturated carbocycles. The Balaban J connectivity index is 0.00000392. The molecule has 0 aliphatic rings. The van der Waals surface area contributed by atoms with Crippen molar-refractivity contribution in [2.75, 3.05) is 27.8 Å². The van der Waals surface area contributed by atoms with Gasteiger partial charge in [0.05, 0.1) is 18.8 Å². The minimum absolute atomic E-state index is 0. The SMILES string of the molecule is CCOC(C)c1noc(CNC(=NC)N(C)Cc2csc(C(C)OC)n2)n1.I. The third-order valence-corrected chi connectivity index (χ3v) is 4.96. The second-order valence-electron chi connectivity index (χ2n) is 5.96. The van der Waals surface area contributed by atoms with Crippen LogP contribution in [0, 0.1) is 0 Å². The molecule has 0 aliphatic heterocycles. The molecule has 0 saturated heterocycles. The van der Waals surface area contributed by atoms with Crippen LogP contribution in [-0.4, -0.2) is 53.8 Å². The molecule has 0 fully saturated rings. The van der Waals surface area contributed by atoms with E-state index >= 15 is 0 Å². The van der Waals surface area contributed by atoms with Crippen LogP contribution < -0.4 is 5.32 Å². The summed E-state index contributed by atoms with van der Waals surface area (Å²) in [5.74, 6) is 1.73. The molecule has 2 aromatic heterocycles. The van der Waals surface area contributed by atoms with Crippen LogP contribution >= 0.6 is 35.3 Å². The molecule has 28 heavy (non-hydrogen) atoms. The summed E-state index contributed by atoms with van der Waals surface area (Å²) in [6.45, 7) is 7.42. The lowest BCUT2D eigenvalue weighted by Gasteiger charge is -2.20. The van der Waals surface area contributed by atoms with Gasteiger partial charge in [-0.2, -0.15) is 4.98 Å². The number of halogens is 1. The van der Waals surface area contributed by atoms with E-state index in [4.69, 9.17) is 14.0 Å². The minimum Gasteiger partial charge on any atom is -0.375 e. The van der Waals surface area contributed by atoms with Crippen LogP contribution in [0.5, 0.6) is 0 Å². The highest BCUT2D eigenvalue weighted by atomic mass is 127. The van der Waals surface area contributed by atoms with Gasteiger partial charge in [-0.1, -0.05) is 5.16 Å². The lowest BCUT2D eigenvalue weighted by Crippen LogP contribution is -2.38. The van der Waals surface area contributed by atoms with Crippen LogP contribution in [0.4, 0.5) is 0 Å². The monoisotopic (exact) mass is 524 g/mol. The number of hydrogen-bond acceptors (Lipinski definition) is 8. The Labute approximate surface area is 186 Å². The first-order valence-electron chi connectivity index (χ1n) is 8.81. The summed E-state index contributed by atoms with van der Waals surface area (Å²) < 4.78 is 16.0. The third-order valence-electron chi connectivity index (χ3n) is 3.91. The zero-order valence-electron chi connectivity index (χ0n) is 17.1. The number of aromatic nitrogens is 3. The molecule has 0 radical (unpaired) electrons. The molecule has 0 aliphatic carbocycles. The third kappa shape index (κ3) is 6.94. The maximum absolute atomic E-state index is 5.47. The molecule has 2 rings (SSSR count). The van der Waals surface area contributed by atoms with E-state index < -0.39 is 0 Å². The summed E-state index contributed by atoms with van der Waals surface area (Å²) >= 11 is 1.59. The summed E-state index contributed by atoms with van der Waals surface area (Å²) in [6, 6.07) is 0. The molecule has 158 valence electrons. The van der Waals surface area contributed by atoms with Gasteiger partial charge in [-0.05, 0) is 20.8 Å².